The largest absolute Gasteiger partial charge is 0.433 e. The summed E-state index contributed by atoms with van der Waals surface area (Å²) in [5, 5.41) is 9.07. The van der Waals surface area contributed by atoms with E-state index in [-0.39, 0.29) is 29.9 Å². The van der Waals surface area contributed by atoms with Crippen molar-refractivity contribution < 1.29 is 13.2 Å². The van der Waals surface area contributed by atoms with Gasteiger partial charge in [0.25, 0.3) is 0 Å². The summed E-state index contributed by atoms with van der Waals surface area (Å²) in [6.07, 6.45) is -2.46. The second-order valence-corrected chi connectivity index (χ2v) is 5.66. The van der Waals surface area contributed by atoms with Gasteiger partial charge in [0.15, 0.2) is 5.96 Å². The van der Waals surface area contributed by atoms with Gasteiger partial charge in [-0.2, -0.15) is 13.2 Å². The topological polar surface area (TPSA) is 74.2 Å². The SMILES string of the molecule is CCc1ccccc1CNC(=NC)NCCNc1nccc(C(F)(F)F)n1.I. The van der Waals surface area contributed by atoms with Crippen molar-refractivity contribution in [2.75, 3.05) is 25.5 Å². The van der Waals surface area contributed by atoms with Crippen LogP contribution < -0.4 is 16.0 Å². The number of alkyl halides is 3. The lowest BCUT2D eigenvalue weighted by molar-refractivity contribution is -0.141. The molecule has 0 saturated carbocycles. The molecule has 0 atom stereocenters. The number of nitrogens with one attached hydrogen (secondary N) is 3. The van der Waals surface area contributed by atoms with Gasteiger partial charge in [-0.15, -0.1) is 24.0 Å². The van der Waals surface area contributed by atoms with Gasteiger partial charge in [0.05, 0.1) is 0 Å². The number of halogens is 4. The van der Waals surface area contributed by atoms with Gasteiger partial charge in [-0.3, -0.25) is 4.99 Å². The Morgan fingerprint density at radius 2 is 1.79 bits per heavy atom. The predicted octanol–water partition coefficient (Wildman–Crippen LogP) is 3.45. The molecule has 0 aliphatic heterocycles. The molecular weight excluding hydrogens is 484 g/mol. The Balaban J connectivity index is 0.00000392. The molecule has 2 rings (SSSR count). The Labute approximate surface area is 179 Å². The fourth-order valence-electron chi connectivity index (χ4n) is 2.43. The van der Waals surface area contributed by atoms with Gasteiger partial charge in [0, 0.05) is 32.9 Å². The first kappa shape index (κ1) is 23.9. The third-order valence-corrected chi connectivity index (χ3v) is 3.82. The molecule has 0 amide bonds. The van der Waals surface area contributed by atoms with Gasteiger partial charge in [-0.05, 0) is 23.6 Å². The van der Waals surface area contributed by atoms with Crippen molar-refractivity contribution in [2.45, 2.75) is 26.1 Å². The number of hydrogen-bond acceptors (Lipinski definition) is 4. The lowest BCUT2D eigenvalue weighted by Gasteiger charge is -2.14. The minimum Gasteiger partial charge on any atom is -0.355 e. The van der Waals surface area contributed by atoms with Crippen molar-refractivity contribution >= 4 is 35.9 Å². The van der Waals surface area contributed by atoms with Crippen LogP contribution in [0.15, 0.2) is 41.5 Å². The zero-order valence-corrected chi connectivity index (χ0v) is 18.0. The van der Waals surface area contributed by atoms with Gasteiger partial charge < -0.3 is 16.0 Å². The molecule has 3 N–H and O–H groups in total. The number of guanidine groups is 1. The Morgan fingerprint density at radius 1 is 1.07 bits per heavy atom. The number of benzene rings is 1. The molecule has 0 unspecified atom stereocenters. The number of aryl methyl sites for hydroxylation is 1. The van der Waals surface area contributed by atoms with E-state index >= 15 is 0 Å². The zero-order valence-electron chi connectivity index (χ0n) is 15.7. The smallest absolute Gasteiger partial charge is 0.355 e. The molecule has 0 spiro atoms. The number of aliphatic imine (C=N–C) groups is 1. The fraction of sp³-hybridized carbons (Fsp3) is 0.389. The normalized spacial score (nSPS) is 11.5. The quantitative estimate of drug-likeness (QED) is 0.231. The Morgan fingerprint density at radius 3 is 2.43 bits per heavy atom. The highest BCUT2D eigenvalue weighted by atomic mass is 127. The van der Waals surface area contributed by atoms with E-state index in [0.29, 0.717) is 25.6 Å². The van der Waals surface area contributed by atoms with Crippen molar-refractivity contribution in [2.24, 2.45) is 4.99 Å². The van der Waals surface area contributed by atoms with Crippen LogP contribution in [0.4, 0.5) is 19.1 Å². The van der Waals surface area contributed by atoms with Gasteiger partial charge >= 0.3 is 6.18 Å². The number of anilines is 1. The van der Waals surface area contributed by atoms with Crippen LogP contribution in [0.25, 0.3) is 0 Å². The molecule has 0 aliphatic rings. The first-order valence-electron chi connectivity index (χ1n) is 8.59. The average molecular weight is 508 g/mol. The predicted molar refractivity (Wildman–Crippen MR) is 115 cm³/mol. The minimum atomic E-state index is -4.49. The van der Waals surface area contributed by atoms with Crippen molar-refractivity contribution in [1.29, 1.82) is 0 Å². The summed E-state index contributed by atoms with van der Waals surface area (Å²) in [6, 6.07) is 8.99. The van der Waals surface area contributed by atoms with Crippen LogP contribution in [0, 0.1) is 0 Å². The Bertz CT molecular complexity index is 767. The second-order valence-electron chi connectivity index (χ2n) is 5.66. The van der Waals surface area contributed by atoms with Crippen LogP contribution in [0.2, 0.25) is 0 Å². The summed E-state index contributed by atoms with van der Waals surface area (Å²) in [7, 11) is 1.66. The van der Waals surface area contributed by atoms with E-state index in [1.54, 1.807) is 7.05 Å². The molecule has 10 heteroatoms. The summed E-state index contributed by atoms with van der Waals surface area (Å²) in [6.45, 7) is 3.52. The van der Waals surface area contributed by atoms with Gasteiger partial charge in [0.1, 0.15) is 5.69 Å². The molecule has 0 saturated heterocycles. The molecule has 6 nitrogen and oxygen atoms in total. The molecule has 1 aromatic heterocycles. The van der Waals surface area contributed by atoms with Crippen molar-refractivity contribution in [1.82, 2.24) is 20.6 Å². The van der Waals surface area contributed by atoms with Crippen molar-refractivity contribution in [3.63, 3.8) is 0 Å². The Hall–Kier alpha value is -2.11. The van der Waals surface area contributed by atoms with E-state index < -0.39 is 11.9 Å². The maximum Gasteiger partial charge on any atom is 0.433 e. The fourth-order valence-corrected chi connectivity index (χ4v) is 2.43. The molecule has 0 radical (unpaired) electrons. The van der Waals surface area contributed by atoms with Crippen LogP contribution in [0.1, 0.15) is 23.7 Å². The molecule has 1 aromatic carbocycles. The number of nitrogens with zero attached hydrogens (tertiary/aromatic N) is 3. The maximum absolute atomic E-state index is 12.6. The summed E-state index contributed by atoms with van der Waals surface area (Å²) in [5.74, 6) is 0.541. The second kappa shape index (κ2) is 11.7. The van der Waals surface area contributed by atoms with Gasteiger partial charge in [-0.1, -0.05) is 31.2 Å². The summed E-state index contributed by atoms with van der Waals surface area (Å²) < 4.78 is 37.9. The van der Waals surface area contributed by atoms with E-state index in [9.17, 15) is 13.2 Å². The van der Waals surface area contributed by atoms with Crippen molar-refractivity contribution in [3.8, 4) is 0 Å². The molecule has 1 heterocycles. The van der Waals surface area contributed by atoms with E-state index in [1.807, 2.05) is 12.1 Å². The molecule has 0 bridgehead atoms. The van der Waals surface area contributed by atoms with E-state index in [4.69, 9.17) is 0 Å². The monoisotopic (exact) mass is 508 g/mol. The first-order valence-corrected chi connectivity index (χ1v) is 8.59. The van der Waals surface area contributed by atoms with Crippen LogP contribution >= 0.6 is 24.0 Å². The van der Waals surface area contributed by atoms with E-state index in [2.05, 4.69) is 50.0 Å². The highest BCUT2D eigenvalue weighted by Crippen LogP contribution is 2.27. The standard InChI is InChI=1S/C18H23F3N6.HI/c1-3-13-6-4-5-7-14(13)12-26-16(22-2)24-10-11-25-17-23-9-8-15(27-17)18(19,20)21;/h4-9H,3,10-12H2,1-2H3,(H2,22,24,26)(H,23,25,27);1H. The summed E-state index contributed by atoms with van der Waals surface area (Å²) >= 11 is 0. The average Bonchev–Trinajstić information content (AvgIpc) is 2.67. The zero-order chi connectivity index (χ0) is 19.7. The number of aromatic nitrogens is 2. The summed E-state index contributed by atoms with van der Waals surface area (Å²) in [5.41, 5.74) is 1.49. The molecule has 0 fully saturated rings. The van der Waals surface area contributed by atoms with E-state index in [0.717, 1.165) is 18.7 Å². The van der Waals surface area contributed by atoms with Gasteiger partial charge in [0.2, 0.25) is 5.95 Å². The molecule has 28 heavy (non-hydrogen) atoms. The molecule has 0 aliphatic carbocycles. The summed E-state index contributed by atoms with van der Waals surface area (Å²) in [4.78, 5) is 11.4. The molecular formula is C18H24F3IN6. The van der Waals surface area contributed by atoms with Crippen LogP contribution in [-0.2, 0) is 19.1 Å². The van der Waals surface area contributed by atoms with Crippen LogP contribution in [-0.4, -0.2) is 36.1 Å². The highest BCUT2D eigenvalue weighted by molar-refractivity contribution is 14.0. The highest BCUT2D eigenvalue weighted by Gasteiger charge is 2.32. The first-order chi connectivity index (χ1) is 12.9. The van der Waals surface area contributed by atoms with Crippen LogP contribution in [0.3, 0.4) is 0 Å². The minimum absolute atomic E-state index is 0. The van der Waals surface area contributed by atoms with Crippen LogP contribution in [0.5, 0.6) is 0 Å². The Kier molecular flexibility index (Phi) is 9.97. The lowest BCUT2D eigenvalue weighted by atomic mass is 10.1. The maximum atomic E-state index is 12.6. The van der Waals surface area contributed by atoms with Gasteiger partial charge in [-0.25, -0.2) is 9.97 Å². The number of hydrogen-bond donors (Lipinski definition) is 3. The van der Waals surface area contributed by atoms with Crippen molar-refractivity contribution in [3.05, 3.63) is 53.3 Å². The third kappa shape index (κ3) is 7.49. The third-order valence-electron chi connectivity index (χ3n) is 3.82. The molecule has 2 aromatic rings. The molecule has 154 valence electrons. The van der Waals surface area contributed by atoms with E-state index in [1.165, 1.54) is 11.1 Å². The number of rotatable bonds is 7. The lowest BCUT2D eigenvalue weighted by Crippen LogP contribution is -2.39.